The SMILES string of the molecule is COCc1nc(N)cc(Oc2ccccc2[N+](=O)[O-])n1. The molecule has 0 aliphatic rings. The predicted molar refractivity (Wildman–Crippen MR) is 70.3 cm³/mol. The van der Waals surface area contributed by atoms with Crippen molar-refractivity contribution in [2.45, 2.75) is 6.61 Å². The van der Waals surface area contributed by atoms with E-state index in [-0.39, 0.29) is 29.7 Å². The van der Waals surface area contributed by atoms with E-state index in [1.54, 1.807) is 12.1 Å². The van der Waals surface area contributed by atoms with Gasteiger partial charge >= 0.3 is 5.69 Å². The van der Waals surface area contributed by atoms with Gasteiger partial charge in [-0.1, -0.05) is 12.1 Å². The van der Waals surface area contributed by atoms with E-state index in [1.807, 2.05) is 0 Å². The van der Waals surface area contributed by atoms with Gasteiger partial charge in [-0.2, -0.15) is 4.98 Å². The molecular formula is C12H12N4O4. The van der Waals surface area contributed by atoms with Gasteiger partial charge in [0.2, 0.25) is 11.6 Å². The summed E-state index contributed by atoms with van der Waals surface area (Å²) >= 11 is 0. The van der Waals surface area contributed by atoms with Gasteiger partial charge in [-0.25, -0.2) is 4.98 Å². The van der Waals surface area contributed by atoms with Crippen LogP contribution in [0.25, 0.3) is 0 Å². The van der Waals surface area contributed by atoms with Crippen LogP contribution in [0.4, 0.5) is 11.5 Å². The van der Waals surface area contributed by atoms with Crippen LogP contribution in [0, 0.1) is 10.1 Å². The first-order valence-electron chi connectivity index (χ1n) is 5.64. The fraction of sp³-hybridized carbons (Fsp3) is 0.167. The average Bonchev–Trinajstić information content (AvgIpc) is 2.38. The number of anilines is 1. The Balaban J connectivity index is 2.32. The van der Waals surface area contributed by atoms with Crippen molar-refractivity contribution in [3.63, 3.8) is 0 Å². The molecule has 1 heterocycles. The molecule has 0 saturated carbocycles. The van der Waals surface area contributed by atoms with Gasteiger partial charge in [0.25, 0.3) is 0 Å². The minimum Gasteiger partial charge on any atom is -0.432 e. The summed E-state index contributed by atoms with van der Waals surface area (Å²) in [6.07, 6.45) is 0. The Hall–Kier alpha value is -2.74. The van der Waals surface area contributed by atoms with E-state index in [4.69, 9.17) is 15.2 Å². The van der Waals surface area contributed by atoms with Crippen molar-refractivity contribution in [1.82, 2.24) is 9.97 Å². The second-order valence-electron chi connectivity index (χ2n) is 3.81. The van der Waals surface area contributed by atoms with E-state index in [0.717, 1.165) is 0 Å². The molecule has 2 N–H and O–H groups in total. The number of benzene rings is 1. The summed E-state index contributed by atoms with van der Waals surface area (Å²) in [5.74, 6) is 0.736. The van der Waals surface area contributed by atoms with Crippen molar-refractivity contribution in [3.8, 4) is 11.6 Å². The van der Waals surface area contributed by atoms with Crippen molar-refractivity contribution < 1.29 is 14.4 Å². The summed E-state index contributed by atoms with van der Waals surface area (Å²) in [6, 6.07) is 7.39. The Morgan fingerprint density at radius 3 is 2.80 bits per heavy atom. The molecule has 1 aromatic carbocycles. The number of para-hydroxylation sites is 2. The summed E-state index contributed by atoms with van der Waals surface area (Å²) in [6.45, 7) is 0.165. The highest BCUT2D eigenvalue weighted by Crippen LogP contribution is 2.30. The monoisotopic (exact) mass is 276 g/mol. The van der Waals surface area contributed by atoms with Gasteiger partial charge < -0.3 is 15.2 Å². The first-order valence-corrected chi connectivity index (χ1v) is 5.64. The lowest BCUT2D eigenvalue weighted by molar-refractivity contribution is -0.385. The average molecular weight is 276 g/mol. The lowest BCUT2D eigenvalue weighted by Crippen LogP contribution is -2.03. The Labute approximate surface area is 114 Å². The van der Waals surface area contributed by atoms with Crippen LogP contribution >= 0.6 is 0 Å². The molecule has 8 heteroatoms. The van der Waals surface area contributed by atoms with E-state index in [2.05, 4.69) is 9.97 Å². The quantitative estimate of drug-likeness (QED) is 0.655. The maximum absolute atomic E-state index is 10.9. The number of nitrogens with two attached hydrogens (primary N) is 1. The first-order chi connectivity index (χ1) is 9.60. The van der Waals surface area contributed by atoms with Crippen LogP contribution in [-0.2, 0) is 11.3 Å². The van der Waals surface area contributed by atoms with Gasteiger partial charge in [0, 0.05) is 19.2 Å². The Kier molecular flexibility index (Phi) is 4.06. The van der Waals surface area contributed by atoms with Crippen LogP contribution in [0.15, 0.2) is 30.3 Å². The van der Waals surface area contributed by atoms with Gasteiger partial charge in [-0.05, 0) is 6.07 Å². The molecule has 20 heavy (non-hydrogen) atoms. The number of aromatic nitrogens is 2. The zero-order chi connectivity index (χ0) is 14.5. The van der Waals surface area contributed by atoms with Gasteiger partial charge in [0.1, 0.15) is 12.4 Å². The second-order valence-corrected chi connectivity index (χ2v) is 3.81. The molecular weight excluding hydrogens is 264 g/mol. The number of nitro benzene ring substituents is 1. The number of ether oxygens (including phenoxy) is 2. The minimum atomic E-state index is -0.532. The molecule has 0 saturated heterocycles. The van der Waals surface area contributed by atoms with Crippen LogP contribution in [0.5, 0.6) is 11.6 Å². The Morgan fingerprint density at radius 2 is 2.10 bits per heavy atom. The number of rotatable bonds is 5. The Bertz CT molecular complexity index is 633. The van der Waals surface area contributed by atoms with E-state index in [0.29, 0.717) is 5.82 Å². The van der Waals surface area contributed by atoms with E-state index in [1.165, 1.54) is 25.3 Å². The lowest BCUT2D eigenvalue weighted by Gasteiger charge is -2.07. The summed E-state index contributed by atoms with van der Waals surface area (Å²) in [5, 5.41) is 10.9. The van der Waals surface area contributed by atoms with Crippen molar-refractivity contribution in [3.05, 3.63) is 46.3 Å². The minimum absolute atomic E-state index is 0.0824. The Morgan fingerprint density at radius 1 is 1.35 bits per heavy atom. The summed E-state index contributed by atoms with van der Waals surface area (Å²) in [7, 11) is 1.50. The largest absolute Gasteiger partial charge is 0.432 e. The molecule has 2 rings (SSSR count). The smallest absolute Gasteiger partial charge is 0.311 e. The first kappa shape index (κ1) is 13.7. The number of nitro groups is 1. The van der Waals surface area contributed by atoms with E-state index < -0.39 is 4.92 Å². The summed E-state index contributed by atoms with van der Waals surface area (Å²) in [4.78, 5) is 18.4. The van der Waals surface area contributed by atoms with Crippen molar-refractivity contribution in [2.75, 3.05) is 12.8 Å². The third kappa shape index (κ3) is 3.18. The second kappa shape index (κ2) is 5.93. The zero-order valence-corrected chi connectivity index (χ0v) is 10.6. The third-order valence-corrected chi connectivity index (χ3v) is 2.32. The molecule has 0 aliphatic carbocycles. The van der Waals surface area contributed by atoms with Crippen LogP contribution in [-0.4, -0.2) is 22.0 Å². The van der Waals surface area contributed by atoms with Crippen LogP contribution < -0.4 is 10.5 Å². The maximum Gasteiger partial charge on any atom is 0.311 e. The van der Waals surface area contributed by atoms with Crippen molar-refractivity contribution >= 4 is 11.5 Å². The zero-order valence-electron chi connectivity index (χ0n) is 10.6. The highest BCUT2D eigenvalue weighted by atomic mass is 16.6. The number of nitrogens with zero attached hydrogens (tertiary/aromatic N) is 3. The fourth-order valence-electron chi connectivity index (χ4n) is 1.55. The normalized spacial score (nSPS) is 10.2. The molecule has 0 atom stereocenters. The number of hydrogen-bond donors (Lipinski definition) is 1. The number of methoxy groups -OCH3 is 1. The molecule has 0 aliphatic heterocycles. The molecule has 8 nitrogen and oxygen atoms in total. The van der Waals surface area contributed by atoms with E-state index in [9.17, 15) is 10.1 Å². The van der Waals surface area contributed by atoms with Gasteiger partial charge in [-0.15, -0.1) is 0 Å². The van der Waals surface area contributed by atoms with Gasteiger partial charge in [-0.3, -0.25) is 10.1 Å². The predicted octanol–water partition coefficient (Wildman–Crippen LogP) is 1.91. The molecule has 0 unspecified atom stereocenters. The fourth-order valence-corrected chi connectivity index (χ4v) is 1.55. The van der Waals surface area contributed by atoms with Crippen molar-refractivity contribution in [2.24, 2.45) is 0 Å². The molecule has 2 aromatic rings. The lowest BCUT2D eigenvalue weighted by atomic mass is 10.3. The highest BCUT2D eigenvalue weighted by molar-refractivity contribution is 5.48. The van der Waals surface area contributed by atoms with Gasteiger partial charge in [0.15, 0.2) is 5.82 Å². The third-order valence-electron chi connectivity index (χ3n) is 2.32. The number of nitrogen functional groups attached to an aromatic ring is 1. The molecule has 0 bridgehead atoms. The topological polar surface area (TPSA) is 113 Å². The molecule has 0 spiro atoms. The molecule has 0 amide bonds. The molecule has 0 fully saturated rings. The summed E-state index contributed by atoms with van der Waals surface area (Å²) < 4.78 is 10.3. The van der Waals surface area contributed by atoms with Crippen molar-refractivity contribution in [1.29, 1.82) is 0 Å². The molecule has 0 radical (unpaired) electrons. The number of hydrogen-bond acceptors (Lipinski definition) is 7. The van der Waals surface area contributed by atoms with Gasteiger partial charge in [0.05, 0.1) is 4.92 Å². The maximum atomic E-state index is 10.9. The van der Waals surface area contributed by atoms with E-state index >= 15 is 0 Å². The highest BCUT2D eigenvalue weighted by Gasteiger charge is 2.15. The molecule has 104 valence electrons. The van der Waals surface area contributed by atoms with Crippen LogP contribution in [0.3, 0.4) is 0 Å². The standard InChI is InChI=1S/C12H12N4O4/c1-19-7-11-14-10(13)6-12(15-11)20-9-5-3-2-4-8(9)16(17)18/h2-6H,7H2,1H3,(H2,13,14,15). The van der Waals surface area contributed by atoms with Crippen LogP contribution in [0.1, 0.15) is 5.82 Å². The summed E-state index contributed by atoms with van der Waals surface area (Å²) in [5.41, 5.74) is 5.47. The molecule has 1 aromatic heterocycles. The van der Waals surface area contributed by atoms with Crippen LogP contribution in [0.2, 0.25) is 0 Å².